The first-order valence-corrected chi connectivity index (χ1v) is 3.53. The molecular weight excluding hydrogens is 162 g/mol. The minimum Gasteiger partial charge on any atom is -0.396 e. The minimum atomic E-state index is 0.653. The fraction of sp³-hybridized carbons (Fsp3) is 0. The zero-order valence-electron chi connectivity index (χ0n) is 5.66. The van der Waals surface area contributed by atoms with Crippen LogP contribution in [-0.4, -0.2) is 9.61 Å². The Balaban J connectivity index is 2.86. The molecule has 0 aliphatic rings. The largest absolute Gasteiger partial charge is 0.396 e. The molecule has 56 valence electrons. The summed E-state index contributed by atoms with van der Waals surface area (Å²) in [5.74, 6) is 0. The topological polar surface area (TPSA) is 43.3 Å². The quantitative estimate of drug-likeness (QED) is 0.647. The van der Waals surface area contributed by atoms with Crippen LogP contribution in [-0.2, 0) is 0 Å². The van der Waals surface area contributed by atoms with Gasteiger partial charge in [0.15, 0.2) is 0 Å². The Morgan fingerprint density at radius 3 is 3.09 bits per heavy atom. The molecule has 0 radical (unpaired) electrons. The number of nitrogen functional groups attached to an aromatic ring is 1. The van der Waals surface area contributed by atoms with E-state index >= 15 is 0 Å². The van der Waals surface area contributed by atoms with Crippen LogP contribution in [0.4, 0.5) is 5.69 Å². The van der Waals surface area contributed by atoms with Gasteiger partial charge in [-0.15, -0.1) is 0 Å². The number of anilines is 1. The van der Waals surface area contributed by atoms with E-state index < -0.39 is 0 Å². The lowest BCUT2D eigenvalue weighted by Gasteiger charge is -1.93. The normalized spacial score (nSPS) is 10.6. The van der Waals surface area contributed by atoms with E-state index in [0.717, 1.165) is 5.52 Å². The molecule has 0 atom stereocenters. The highest BCUT2D eigenvalue weighted by Gasteiger charge is 1.98. The number of pyridine rings is 1. The van der Waals surface area contributed by atoms with Crippen LogP contribution in [0.15, 0.2) is 24.5 Å². The van der Waals surface area contributed by atoms with Gasteiger partial charge in [-0.3, -0.25) is 0 Å². The predicted octanol–water partition coefficient (Wildman–Crippen LogP) is 1.57. The molecular formula is C7H6ClN3. The van der Waals surface area contributed by atoms with E-state index in [1.54, 1.807) is 23.0 Å². The molecule has 0 unspecified atom stereocenters. The lowest BCUT2D eigenvalue weighted by atomic mass is 10.4. The van der Waals surface area contributed by atoms with Crippen LogP contribution in [0.1, 0.15) is 0 Å². The highest BCUT2D eigenvalue weighted by atomic mass is 35.5. The molecule has 0 amide bonds. The van der Waals surface area contributed by atoms with E-state index in [1.165, 1.54) is 0 Å². The third kappa shape index (κ3) is 0.935. The van der Waals surface area contributed by atoms with Crippen molar-refractivity contribution in [3.63, 3.8) is 0 Å². The van der Waals surface area contributed by atoms with Crippen LogP contribution in [0.2, 0.25) is 5.02 Å². The number of rotatable bonds is 0. The maximum absolute atomic E-state index is 5.73. The van der Waals surface area contributed by atoms with Crippen molar-refractivity contribution < 1.29 is 0 Å². The van der Waals surface area contributed by atoms with Gasteiger partial charge in [0.2, 0.25) is 0 Å². The Bertz CT molecular complexity index is 393. The number of hydrogen-bond acceptors (Lipinski definition) is 2. The smallest absolute Gasteiger partial charge is 0.0892 e. The number of aromatic nitrogens is 2. The van der Waals surface area contributed by atoms with Gasteiger partial charge >= 0.3 is 0 Å². The van der Waals surface area contributed by atoms with Crippen LogP contribution in [0.3, 0.4) is 0 Å². The molecule has 0 saturated heterocycles. The summed E-state index contributed by atoms with van der Waals surface area (Å²) < 4.78 is 1.65. The van der Waals surface area contributed by atoms with Crippen molar-refractivity contribution in [3.8, 4) is 0 Å². The van der Waals surface area contributed by atoms with E-state index in [0.29, 0.717) is 10.7 Å². The third-order valence-corrected chi connectivity index (χ3v) is 1.73. The third-order valence-electron chi connectivity index (χ3n) is 1.51. The van der Waals surface area contributed by atoms with E-state index in [2.05, 4.69) is 5.10 Å². The van der Waals surface area contributed by atoms with Crippen molar-refractivity contribution in [2.24, 2.45) is 0 Å². The van der Waals surface area contributed by atoms with Crippen molar-refractivity contribution in [2.45, 2.75) is 0 Å². The van der Waals surface area contributed by atoms with Crippen LogP contribution in [0.5, 0.6) is 0 Å². The standard InChI is InChI=1S/C7H6ClN3/c8-5-1-2-7-6(9)3-10-11(7)4-5/h1-4H,9H2. The summed E-state index contributed by atoms with van der Waals surface area (Å²) in [7, 11) is 0. The van der Waals surface area contributed by atoms with Crippen molar-refractivity contribution in [3.05, 3.63) is 29.5 Å². The van der Waals surface area contributed by atoms with Gasteiger partial charge in [-0.2, -0.15) is 5.10 Å². The summed E-state index contributed by atoms with van der Waals surface area (Å²) in [4.78, 5) is 0. The second kappa shape index (κ2) is 2.13. The lowest BCUT2D eigenvalue weighted by Crippen LogP contribution is -1.86. The van der Waals surface area contributed by atoms with Gasteiger partial charge in [-0.05, 0) is 12.1 Å². The number of fused-ring (bicyclic) bond motifs is 1. The lowest BCUT2D eigenvalue weighted by molar-refractivity contribution is 0.961. The summed E-state index contributed by atoms with van der Waals surface area (Å²) in [6.07, 6.45) is 3.32. The molecule has 2 rings (SSSR count). The Morgan fingerprint density at radius 1 is 1.45 bits per heavy atom. The summed E-state index contributed by atoms with van der Waals surface area (Å²) in [5, 5.41) is 4.64. The van der Waals surface area contributed by atoms with E-state index in [-0.39, 0.29) is 0 Å². The first-order valence-electron chi connectivity index (χ1n) is 3.16. The van der Waals surface area contributed by atoms with Crippen LogP contribution in [0.25, 0.3) is 5.52 Å². The van der Waals surface area contributed by atoms with E-state index in [9.17, 15) is 0 Å². The molecule has 0 aliphatic carbocycles. The van der Waals surface area contributed by atoms with E-state index in [4.69, 9.17) is 17.3 Å². The fourth-order valence-corrected chi connectivity index (χ4v) is 1.13. The molecule has 2 aromatic rings. The van der Waals surface area contributed by atoms with Crippen molar-refractivity contribution in [2.75, 3.05) is 5.73 Å². The van der Waals surface area contributed by atoms with Gasteiger partial charge in [0.1, 0.15) is 0 Å². The average Bonchev–Trinajstić information content (AvgIpc) is 2.32. The molecule has 2 N–H and O–H groups in total. The summed E-state index contributed by atoms with van der Waals surface area (Å²) in [6.45, 7) is 0. The van der Waals surface area contributed by atoms with Crippen LogP contribution < -0.4 is 5.73 Å². The van der Waals surface area contributed by atoms with Gasteiger partial charge in [0, 0.05) is 6.20 Å². The molecule has 0 aliphatic heterocycles. The fourth-order valence-electron chi connectivity index (χ4n) is 0.979. The Hall–Kier alpha value is -1.22. The maximum Gasteiger partial charge on any atom is 0.0892 e. The zero-order chi connectivity index (χ0) is 7.84. The SMILES string of the molecule is Nc1cnn2cc(Cl)ccc12. The number of hydrogen-bond donors (Lipinski definition) is 1. The molecule has 0 saturated carbocycles. The van der Waals surface area contributed by atoms with Crippen molar-refractivity contribution in [1.82, 2.24) is 9.61 Å². The zero-order valence-corrected chi connectivity index (χ0v) is 6.42. The summed E-state index contributed by atoms with van der Waals surface area (Å²) in [5.41, 5.74) is 7.15. The average molecular weight is 168 g/mol. The summed E-state index contributed by atoms with van der Waals surface area (Å²) >= 11 is 5.73. The van der Waals surface area contributed by atoms with Crippen molar-refractivity contribution in [1.29, 1.82) is 0 Å². The van der Waals surface area contributed by atoms with Gasteiger partial charge < -0.3 is 5.73 Å². The number of nitrogens with two attached hydrogens (primary N) is 1. The number of halogens is 1. The van der Waals surface area contributed by atoms with Crippen LogP contribution >= 0.6 is 11.6 Å². The Kier molecular flexibility index (Phi) is 1.26. The molecule has 2 aromatic heterocycles. The molecule has 2 heterocycles. The van der Waals surface area contributed by atoms with Gasteiger partial charge in [-0.25, -0.2) is 4.52 Å². The van der Waals surface area contributed by atoms with Gasteiger partial charge in [0.05, 0.1) is 22.4 Å². The molecule has 4 heteroatoms. The maximum atomic E-state index is 5.73. The predicted molar refractivity (Wildman–Crippen MR) is 44.6 cm³/mol. The Labute approximate surface area is 68.4 Å². The second-order valence-corrected chi connectivity index (χ2v) is 2.71. The molecule has 3 nitrogen and oxygen atoms in total. The summed E-state index contributed by atoms with van der Waals surface area (Å²) in [6, 6.07) is 3.62. The monoisotopic (exact) mass is 167 g/mol. The molecule has 0 spiro atoms. The first kappa shape index (κ1) is 6.49. The molecule has 0 aromatic carbocycles. The van der Waals surface area contributed by atoms with Crippen LogP contribution in [0, 0.1) is 0 Å². The van der Waals surface area contributed by atoms with Gasteiger partial charge in [0.25, 0.3) is 0 Å². The highest BCUT2D eigenvalue weighted by Crippen LogP contribution is 2.15. The highest BCUT2D eigenvalue weighted by molar-refractivity contribution is 6.30. The van der Waals surface area contributed by atoms with E-state index in [1.807, 2.05) is 6.07 Å². The minimum absolute atomic E-state index is 0.653. The molecule has 0 bridgehead atoms. The second-order valence-electron chi connectivity index (χ2n) is 2.28. The molecule has 0 fully saturated rings. The van der Waals surface area contributed by atoms with Crippen molar-refractivity contribution >= 4 is 22.8 Å². The number of nitrogens with zero attached hydrogens (tertiary/aromatic N) is 2. The van der Waals surface area contributed by atoms with Gasteiger partial charge in [-0.1, -0.05) is 11.6 Å². The first-order chi connectivity index (χ1) is 5.27. The molecule has 11 heavy (non-hydrogen) atoms. The Morgan fingerprint density at radius 2 is 2.27 bits per heavy atom.